The number of pyridine rings is 1. The van der Waals surface area contributed by atoms with Crippen LogP contribution in [0.5, 0.6) is 5.88 Å². The molecular formula is C10H11BrF3N3O3. The Morgan fingerprint density at radius 3 is 2.70 bits per heavy atom. The Kier molecular flexibility index (Phi) is 5.43. The zero-order valence-corrected chi connectivity index (χ0v) is 11.6. The second-order valence-corrected chi connectivity index (χ2v) is 4.63. The summed E-state index contributed by atoms with van der Waals surface area (Å²) in [6.07, 6.45) is -4.88. The molecule has 0 unspecified atom stereocenters. The number of carboxylic acid groups (broad SMARTS) is 1. The van der Waals surface area contributed by atoms with Gasteiger partial charge in [0.25, 0.3) is 0 Å². The summed E-state index contributed by atoms with van der Waals surface area (Å²) in [5.74, 6) is 0.0329. The predicted octanol–water partition coefficient (Wildman–Crippen LogP) is 2.35. The van der Waals surface area contributed by atoms with Gasteiger partial charge < -0.3 is 15.6 Å². The predicted molar refractivity (Wildman–Crippen MR) is 67.5 cm³/mol. The minimum Gasteiger partial charge on any atom is -0.474 e. The van der Waals surface area contributed by atoms with Crippen LogP contribution in [0.4, 0.5) is 23.7 Å². The molecular weight excluding hydrogens is 347 g/mol. The molecule has 1 aromatic heterocycles. The van der Waals surface area contributed by atoms with E-state index in [1.165, 1.54) is 12.3 Å². The molecule has 0 aliphatic heterocycles. The summed E-state index contributed by atoms with van der Waals surface area (Å²) in [7, 11) is 0. The summed E-state index contributed by atoms with van der Waals surface area (Å²) in [6, 6.07) is 1.51. The van der Waals surface area contributed by atoms with Crippen molar-refractivity contribution in [2.75, 3.05) is 25.4 Å². The Balaban J connectivity index is 2.54. The summed E-state index contributed by atoms with van der Waals surface area (Å²) >= 11 is 3.13. The van der Waals surface area contributed by atoms with Crippen LogP contribution in [0.15, 0.2) is 16.7 Å². The van der Waals surface area contributed by atoms with E-state index in [4.69, 9.17) is 15.6 Å². The highest BCUT2D eigenvalue weighted by Gasteiger charge is 2.32. The van der Waals surface area contributed by atoms with Gasteiger partial charge in [0, 0.05) is 10.7 Å². The van der Waals surface area contributed by atoms with Crippen molar-refractivity contribution in [3.63, 3.8) is 0 Å². The van der Waals surface area contributed by atoms with Crippen LogP contribution in [0.25, 0.3) is 0 Å². The van der Waals surface area contributed by atoms with E-state index >= 15 is 0 Å². The van der Waals surface area contributed by atoms with Gasteiger partial charge in [-0.15, -0.1) is 0 Å². The maximum absolute atomic E-state index is 12.1. The van der Waals surface area contributed by atoms with Crippen LogP contribution >= 0.6 is 15.9 Å². The van der Waals surface area contributed by atoms with Crippen LogP contribution in [0.3, 0.4) is 0 Å². The molecule has 0 saturated heterocycles. The quantitative estimate of drug-likeness (QED) is 0.844. The molecule has 10 heteroatoms. The van der Waals surface area contributed by atoms with Gasteiger partial charge in [0.2, 0.25) is 5.88 Å². The molecule has 0 aliphatic rings. The lowest BCUT2D eigenvalue weighted by Gasteiger charge is -2.20. The number of rotatable bonds is 5. The van der Waals surface area contributed by atoms with Gasteiger partial charge in [-0.25, -0.2) is 9.78 Å². The lowest BCUT2D eigenvalue weighted by molar-refractivity contribution is -0.142. The minimum absolute atomic E-state index is 0.0329. The van der Waals surface area contributed by atoms with Gasteiger partial charge >= 0.3 is 12.3 Å². The van der Waals surface area contributed by atoms with Crippen molar-refractivity contribution < 1.29 is 27.8 Å². The Bertz CT molecular complexity index is 485. The molecule has 0 spiro atoms. The Hall–Kier alpha value is -1.71. The molecule has 0 atom stereocenters. The fourth-order valence-corrected chi connectivity index (χ4v) is 1.62. The smallest absolute Gasteiger partial charge is 0.407 e. The van der Waals surface area contributed by atoms with Crippen LogP contribution in [0.2, 0.25) is 0 Å². The van der Waals surface area contributed by atoms with Crippen molar-refractivity contribution in [2.45, 2.75) is 6.18 Å². The molecule has 0 saturated carbocycles. The van der Waals surface area contributed by atoms with Crippen molar-refractivity contribution in [1.82, 2.24) is 9.88 Å². The average Bonchev–Trinajstić information content (AvgIpc) is 2.28. The fourth-order valence-electron chi connectivity index (χ4n) is 1.27. The number of aromatic nitrogens is 1. The van der Waals surface area contributed by atoms with Crippen LogP contribution in [-0.4, -0.2) is 47.0 Å². The number of anilines is 1. The molecule has 0 bridgehead atoms. The van der Waals surface area contributed by atoms with E-state index in [1.807, 2.05) is 0 Å². The standard InChI is InChI=1S/C10H11BrF3N3O3/c11-6-3-7(15)8(16-4-6)20-2-1-17(9(18)19)5-10(12,13)14/h3-4H,1-2,5,15H2,(H,18,19). The number of ether oxygens (including phenoxy) is 1. The van der Waals surface area contributed by atoms with E-state index in [0.29, 0.717) is 4.47 Å². The van der Waals surface area contributed by atoms with Gasteiger partial charge in [0.05, 0.1) is 12.2 Å². The molecule has 1 amide bonds. The normalized spacial score (nSPS) is 11.2. The van der Waals surface area contributed by atoms with Crippen LogP contribution in [0.1, 0.15) is 0 Å². The molecule has 1 aromatic rings. The molecule has 1 heterocycles. The highest BCUT2D eigenvalue weighted by Crippen LogP contribution is 2.22. The second kappa shape index (κ2) is 6.64. The summed E-state index contributed by atoms with van der Waals surface area (Å²) in [5.41, 5.74) is 5.76. The van der Waals surface area contributed by atoms with Crippen molar-refractivity contribution >= 4 is 27.7 Å². The highest BCUT2D eigenvalue weighted by molar-refractivity contribution is 9.10. The van der Waals surface area contributed by atoms with Gasteiger partial charge in [0.15, 0.2) is 0 Å². The number of halogens is 4. The van der Waals surface area contributed by atoms with Crippen molar-refractivity contribution in [2.24, 2.45) is 0 Å². The van der Waals surface area contributed by atoms with Gasteiger partial charge in [-0.05, 0) is 22.0 Å². The topological polar surface area (TPSA) is 88.7 Å². The number of alkyl halides is 3. The Labute approximate surface area is 120 Å². The first kappa shape index (κ1) is 16.3. The Morgan fingerprint density at radius 2 is 2.20 bits per heavy atom. The van der Waals surface area contributed by atoms with Crippen LogP contribution in [0, 0.1) is 0 Å². The molecule has 0 fully saturated rings. The van der Waals surface area contributed by atoms with Gasteiger partial charge in [-0.3, -0.25) is 4.90 Å². The molecule has 1 rings (SSSR count). The molecule has 6 nitrogen and oxygen atoms in total. The lowest BCUT2D eigenvalue weighted by Crippen LogP contribution is -2.40. The maximum atomic E-state index is 12.1. The highest BCUT2D eigenvalue weighted by atomic mass is 79.9. The zero-order valence-electron chi connectivity index (χ0n) is 10.0. The molecule has 0 aromatic carbocycles. The van der Waals surface area contributed by atoms with E-state index in [9.17, 15) is 18.0 Å². The first-order valence-electron chi connectivity index (χ1n) is 5.27. The number of carbonyl (C=O) groups is 1. The number of hydrogen-bond acceptors (Lipinski definition) is 4. The largest absolute Gasteiger partial charge is 0.474 e. The number of nitrogen functional groups attached to an aromatic ring is 1. The zero-order chi connectivity index (χ0) is 15.3. The average molecular weight is 358 g/mol. The summed E-state index contributed by atoms with van der Waals surface area (Å²) < 4.78 is 42.1. The van der Waals surface area contributed by atoms with Crippen molar-refractivity contribution in [3.05, 3.63) is 16.7 Å². The SMILES string of the molecule is Nc1cc(Br)cnc1OCCN(CC(F)(F)F)C(=O)O. The summed E-state index contributed by atoms with van der Waals surface area (Å²) in [6.45, 7) is -2.30. The van der Waals surface area contributed by atoms with E-state index in [1.54, 1.807) is 0 Å². The third kappa shape index (κ3) is 5.51. The molecule has 112 valence electrons. The van der Waals surface area contributed by atoms with Gasteiger partial charge in [0.1, 0.15) is 13.2 Å². The number of nitrogens with zero attached hydrogens (tertiary/aromatic N) is 2. The molecule has 20 heavy (non-hydrogen) atoms. The lowest BCUT2D eigenvalue weighted by atomic mass is 10.4. The van der Waals surface area contributed by atoms with E-state index in [-0.39, 0.29) is 23.1 Å². The first-order chi connectivity index (χ1) is 9.19. The monoisotopic (exact) mass is 357 g/mol. The third-order valence-electron chi connectivity index (χ3n) is 2.09. The Morgan fingerprint density at radius 1 is 1.55 bits per heavy atom. The molecule has 0 aliphatic carbocycles. The summed E-state index contributed by atoms with van der Waals surface area (Å²) in [4.78, 5) is 14.7. The van der Waals surface area contributed by atoms with Crippen molar-refractivity contribution in [3.8, 4) is 5.88 Å². The molecule has 3 N–H and O–H groups in total. The van der Waals surface area contributed by atoms with Crippen molar-refractivity contribution in [1.29, 1.82) is 0 Å². The number of hydrogen-bond donors (Lipinski definition) is 2. The number of amides is 1. The van der Waals surface area contributed by atoms with E-state index < -0.39 is 25.4 Å². The van der Waals surface area contributed by atoms with Crippen LogP contribution < -0.4 is 10.5 Å². The first-order valence-corrected chi connectivity index (χ1v) is 6.07. The summed E-state index contributed by atoms with van der Waals surface area (Å²) in [5, 5.41) is 8.65. The minimum atomic E-state index is -4.60. The van der Waals surface area contributed by atoms with E-state index in [2.05, 4.69) is 20.9 Å². The molecule has 0 radical (unpaired) electrons. The fraction of sp³-hybridized carbons (Fsp3) is 0.400. The van der Waals surface area contributed by atoms with E-state index in [0.717, 1.165) is 0 Å². The van der Waals surface area contributed by atoms with Crippen LogP contribution in [-0.2, 0) is 0 Å². The second-order valence-electron chi connectivity index (χ2n) is 3.72. The number of nitrogens with two attached hydrogens (primary N) is 1. The maximum Gasteiger partial charge on any atom is 0.407 e. The van der Waals surface area contributed by atoms with Gasteiger partial charge in [-0.2, -0.15) is 13.2 Å². The third-order valence-corrected chi connectivity index (χ3v) is 2.52. The van der Waals surface area contributed by atoms with Gasteiger partial charge in [-0.1, -0.05) is 0 Å².